The van der Waals surface area contributed by atoms with Crippen molar-refractivity contribution in [3.63, 3.8) is 0 Å². The summed E-state index contributed by atoms with van der Waals surface area (Å²) in [5.41, 5.74) is 5.18. The number of hydrogen-bond donors (Lipinski definition) is 2. The van der Waals surface area contributed by atoms with E-state index in [0.29, 0.717) is 23.9 Å². The van der Waals surface area contributed by atoms with Gasteiger partial charge in [-0.2, -0.15) is 0 Å². The minimum absolute atomic E-state index is 0.190. The molecule has 2 aromatic carbocycles. The minimum atomic E-state index is 0.190. The minimum Gasteiger partial charge on any atom is -0.326 e. The van der Waals surface area contributed by atoms with Crippen LogP contribution in [0.25, 0.3) is 0 Å². The molecule has 4 fully saturated rings. The maximum atomic E-state index is 13.0. The Morgan fingerprint density at radius 3 is 2.54 bits per heavy atom. The maximum absolute atomic E-state index is 13.0. The number of anilines is 1. The SMILES string of the molecule is O=C(Nc1ccc2c(c1)C1CCC2N1)C1[C@@H]2C[C@H]1CN(Cc1ccccc1)C2. The first-order valence-corrected chi connectivity index (χ1v) is 10.7. The third-order valence-electron chi connectivity index (χ3n) is 7.41. The van der Waals surface area contributed by atoms with Crippen molar-refractivity contribution in [2.45, 2.75) is 37.9 Å². The van der Waals surface area contributed by atoms with Crippen molar-refractivity contribution in [2.24, 2.45) is 17.8 Å². The Balaban J connectivity index is 1.10. The van der Waals surface area contributed by atoms with E-state index in [1.807, 2.05) is 0 Å². The molecule has 3 unspecified atom stereocenters. The molecule has 5 atom stereocenters. The van der Waals surface area contributed by atoms with Crippen molar-refractivity contribution in [2.75, 3.05) is 18.4 Å². The fraction of sp³-hybridized carbons (Fsp3) is 0.458. The van der Waals surface area contributed by atoms with Gasteiger partial charge in [0.05, 0.1) is 0 Å². The summed E-state index contributed by atoms with van der Waals surface area (Å²) in [6, 6.07) is 18.2. The van der Waals surface area contributed by atoms with Crippen molar-refractivity contribution in [1.82, 2.24) is 10.2 Å². The molecule has 0 aromatic heterocycles. The number of amides is 1. The van der Waals surface area contributed by atoms with Gasteiger partial charge in [-0.05, 0) is 59.9 Å². The number of nitrogens with one attached hydrogen (secondary N) is 2. The number of rotatable bonds is 4. The third kappa shape index (κ3) is 2.70. The van der Waals surface area contributed by atoms with Crippen molar-refractivity contribution in [3.05, 3.63) is 65.2 Å². The Labute approximate surface area is 166 Å². The van der Waals surface area contributed by atoms with Crippen molar-refractivity contribution in [3.8, 4) is 0 Å². The predicted octanol–water partition coefficient (Wildman–Crippen LogP) is 3.87. The highest BCUT2D eigenvalue weighted by Gasteiger charge is 2.50. The van der Waals surface area contributed by atoms with Gasteiger partial charge >= 0.3 is 0 Å². The summed E-state index contributed by atoms with van der Waals surface area (Å²) in [4.78, 5) is 15.5. The van der Waals surface area contributed by atoms with Gasteiger partial charge in [-0.25, -0.2) is 0 Å². The van der Waals surface area contributed by atoms with E-state index >= 15 is 0 Å². The fourth-order valence-electron chi connectivity index (χ4n) is 6.11. The van der Waals surface area contributed by atoms with Gasteiger partial charge in [-0.15, -0.1) is 0 Å². The van der Waals surface area contributed by atoms with Crippen LogP contribution in [0.3, 0.4) is 0 Å². The third-order valence-corrected chi connectivity index (χ3v) is 7.41. The average molecular weight is 374 g/mol. The van der Waals surface area contributed by atoms with Gasteiger partial charge in [0.2, 0.25) is 5.91 Å². The largest absolute Gasteiger partial charge is 0.326 e. The van der Waals surface area contributed by atoms with Crippen LogP contribution in [0.1, 0.15) is 48.0 Å². The zero-order valence-electron chi connectivity index (χ0n) is 16.1. The summed E-state index contributed by atoms with van der Waals surface area (Å²) >= 11 is 0. The molecule has 144 valence electrons. The number of nitrogens with zero attached hydrogens (tertiary/aromatic N) is 1. The molecular weight excluding hydrogens is 346 g/mol. The zero-order valence-corrected chi connectivity index (χ0v) is 16.1. The lowest BCUT2D eigenvalue weighted by Crippen LogP contribution is -2.58. The van der Waals surface area contributed by atoms with Crippen LogP contribution in [0.5, 0.6) is 0 Å². The average Bonchev–Trinajstić information content (AvgIpc) is 3.31. The van der Waals surface area contributed by atoms with Crippen molar-refractivity contribution in [1.29, 1.82) is 0 Å². The van der Waals surface area contributed by atoms with Crippen molar-refractivity contribution >= 4 is 11.6 Å². The van der Waals surface area contributed by atoms with Gasteiger partial charge < -0.3 is 10.6 Å². The maximum Gasteiger partial charge on any atom is 0.228 e. The van der Waals surface area contributed by atoms with Gasteiger partial charge in [-0.1, -0.05) is 36.4 Å². The number of piperidine rings is 2. The fourth-order valence-corrected chi connectivity index (χ4v) is 6.11. The van der Waals surface area contributed by atoms with Gasteiger partial charge in [-0.3, -0.25) is 9.69 Å². The second kappa shape index (κ2) is 6.43. The zero-order chi connectivity index (χ0) is 18.7. The summed E-state index contributed by atoms with van der Waals surface area (Å²) in [7, 11) is 0. The van der Waals surface area contributed by atoms with Gasteiger partial charge in [0.1, 0.15) is 0 Å². The lowest BCUT2D eigenvalue weighted by molar-refractivity contribution is -0.136. The molecule has 28 heavy (non-hydrogen) atoms. The first-order chi connectivity index (χ1) is 13.7. The first-order valence-electron chi connectivity index (χ1n) is 10.7. The van der Waals surface area contributed by atoms with E-state index < -0.39 is 0 Å². The Bertz CT molecular complexity index is 899. The summed E-state index contributed by atoms with van der Waals surface area (Å²) < 4.78 is 0. The van der Waals surface area contributed by atoms with Gasteiger partial charge in [0.15, 0.2) is 0 Å². The first kappa shape index (κ1) is 16.8. The number of carbonyl (C=O) groups is 1. The smallest absolute Gasteiger partial charge is 0.228 e. The van der Waals surface area contributed by atoms with Crippen LogP contribution in [-0.2, 0) is 11.3 Å². The standard InChI is InChI=1S/C24H27N3O/c28-24(25-18-6-7-19-20(11-18)22-9-8-21(19)26-22)23-16-10-17(23)14-27(13-16)12-15-4-2-1-3-5-15/h1-7,11,16-17,21-23,26H,8-10,12-14H2,(H,25,28)/t16-,17+,21?,22?,23?. The highest BCUT2D eigenvalue weighted by atomic mass is 16.2. The molecule has 2 N–H and O–H groups in total. The molecule has 1 saturated carbocycles. The quantitative estimate of drug-likeness (QED) is 0.855. The molecule has 4 aliphatic heterocycles. The molecule has 7 rings (SSSR count). The molecule has 0 spiro atoms. The summed E-state index contributed by atoms with van der Waals surface area (Å²) in [6.07, 6.45) is 3.68. The van der Waals surface area contributed by atoms with E-state index in [-0.39, 0.29) is 11.8 Å². The Hall–Kier alpha value is -2.17. The van der Waals surface area contributed by atoms with Crippen LogP contribution in [-0.4, -0.2) is 23.9 Å². The molecule has 1 amide bonds. The van der Waals surface area contributed by atoms with Gasteiger partial charge in [0, 0.05) is 43.3 Å². The van der Waals surface area contributed by atoms with Gasteiger partial charge in [0.25, 0.3) is 0 Å². The molecule has 3 saturated heterocycles. The second-order valence-electron chi connectivity index (χ2n) is 9.14. The predicted molar refractivity (Wildman–Crippen MR) is 110 cm³/mol. The Kier molecular flexibility index (Phi) is 3.85. The van der Waals surface area contributed by atoms with E-state index in [1.165, 1.54) is 36.0 Å². The number of benzene rings is 2. The molecule has 4 heteroatoms. The molecule has 5 aliphatic rings. The van der Waals surface area contributed by atoms with Crippen LogP contribution in [0, 0.1) is 17.8 Å². The lowest BCUT2D eigenvalue weighted by Gasteiger charge is -2.52. The molecular formula is C24H27N3O. The van der Waals surface area contributed by atoms with E-state index in [9.17, 15) is 4.79 Å². The molecule has 4 bridgehead atoms. The molecule has 4 nitrogen and oxygen atoms in total. The van der Waals surface area contributed by atoms with Crippen LogP contribution in [0.4, 0.5) is 5.69 Å². The van der Waals surface area contributed by atoms with E-state index in [4.69, 9.17) is 0 Å². The number of carbonyl (C=O) groups excluding carboxylic acids is 1. The Morgan fingerprint density at radius 1 is 1.00 bits per heavy atom. The highest BCUT2D eigenvalue weighted by molar-refractivity contribution is 5.94. The topological polar surface area (TPSA) is 44.4 Å². The highest BCUT2D eigenvalue weighted by Crippen LogP contribution is 2.47. The molecule has 1 aliphatic carbocycles. The van der Waals surface area contributed by atoms with E-state index in [2.05, 4.69) is 64.1 Å². The summed E-state index contributed by atoms with van der Waals surface area (Å²) in [5, 5.41) is 6.90. The van der Waals surface area contributed by atoms with Crippen LogP contribution >= 0.6 is 0 Å². The molecule has 2 aromatic rings. The molecule has 4 heterocycles. The van der Waals surface area contributed by atoms with Crippen LogP contribution < -0.4 is 10.6 Å². The van der Waals surface area contributed by atoms with E-state index in [0.717, 1.165) is 25.3 Å². The second-order valence-corrected chi connectivity index (χ2v) is 9.14. The Morgan fingerprint density at radius 2 is 1.75 bits per heavy atom. The summed E-state index contributed by atoms with van der Waals surface area (Å²) in [6.45, 7) is 3.09. The number of hydrogen-bond acceptors (Lipinski definition) is 3. The monoisotopic (exact) mass is 373 g/mol. The van der Waals surface area contributed by atoms with Crippen LogP contribution in [0.15, 0.2) is 48.5 Å². The molecule has 0 radical (unpaired) electrons. The van der Waals surface area contributed by atoms with E-state index in [1.54, 1.807) is 0 Å². The van der Waals surface area contributed by atoms with Crippen molar-refractivity contribution < 1.29 is 4.79 Å². The lowest BCUT2D eigenvalue weighted by atomic mass is 9.61. The normalized spacial score (nSPS) is 32.6. The summed E-state index contributed by atoms with van der Waals surface area (Å²) in [5.74, 6) is 1.44. The number of fused-ring (bicyclic) bond motifs is 7. The van der Waals surface area contributed by atoms with Crippen LogP contribution in [0.2, 0.25) is 0 Å².